The van der Waals surface area contributed by atoms with E-state index in [0.717, 1.165) is 35.7 Å². The number of carbonyl (C=O) groups excluding carboxylic acids is 1. The van der Waals surface area contributed by atoms with Crippen molar-refractivity contribution >= 4 is 53.0 Å². The molecule has 5 rings (SSSR count). The van der Waals surface area contributed by atoms with Gasteiger partial charge in [-0.1, -0.05) is 29.3 Å². The van der Waals surface area contributed by atoms with Gasteiger partial charge in [-0.15, -0.1) is 0 Å². The van der Waals surface area contributed by atoms with Crippen LogP contribution in [0.3, 0.4) is 0 Å². The summed E-state index contributed by atoms with van der Waals surface area (Å²) in [5, 5.41) is 2.77. The standard InChI is InChI=1S/C30H40BrN6O8P/c1-4-7-19(2)44-28(39)20(3)36-46(40,45-23-11-9-22(31)10-12-23)43-17-30(16-42-24-8-5-6-13-41-24)14-21(30)15-37-18-33-25-26(37)34-29(32)35-27(25)38/h9-12,15,18-20,24H,4-8,13-14,16-17H2,1-3H3,(H,36,40)(H3,32,34,35,38)/b21-15-/t19?,20?,24?,30?,46-/m0/s1. The smallest absolute Gasteiger partial charge is 0.459 e. The number of nitrogen functional groups attached to an aromatic ring is 1. The van der Waals surface area contributed by atoms with Crippen LogP contribution in [0.25, 0.3) is 17.4 Å². The van der Waals surface area contributed by atoms with E-state index in [9.17, 15) is 14.2 Å². The molecule has 5 atom stereocenters. The molecule has 0 radical (unpaired) electrons. The molecule has 1 aliphatic carbocycles. The normalized spacial score (nSPS) is 23.1. The van der Waals surface area contributed by atoms with E-state index in [4.69, 9.17) is 29.0 Å². The molecule has 0 spiro atoms. The first-order valence-corrected chi connectivity index (χ1v) is 17.7. The van der Waals surface area contributed by atoms with Crippen LogP contribution in [0.15, 0.2) is 45.4 Å². The summed E-state index contributed by atoms with van der Waals surface area (Å²) < 4.78 is 46.2. The van der Waals surface area contributed by atoms with Crippen LogP contribution in [0.1, 0.15) is 59.3 Å². The minimum absolute atomic E-state index is 0.0327. The summed E-state index contributed by atoms with van der Waals surface area (Å²) in [6, 6.07) is 5.77. The Labute approximate surface area is 275 Å². The minimum Gasteiger partial charge on any atom is -0.462 e. The summed E-state index contributed by atoms with van der Waals surface area (Å²) >= 11 is 3.39. The number of imidazole rings is 1. The lowest BCUT2D eigenvalue weighted by atomic mass is 10.1. The Balaban J connectivity index is 1.39. The predicted octanol–water partition coefficient (Wildman–Crippen LogP) is 5.15. The van der Waals surface area contributed by atoms with Crippen molar-refractivity contribution < 1.29 is 32.6 Å². The van der Waals surface area contributed by atoms with Crippen molar-refractivity contribution in [1.82, 2.24) is 24.6 Å². The Kier molecular flexibility index (Phi) is 11.0. The summed E-state index contributed by atoms with van der Waals surface area (Å²) in [7, 11) is -4.16. The molecule has 2 fully saturated rings. The number of nitrogens with one attached hydrogen (secondary N) is 2. The number of fused-ring (bicyclic) bond motifs is 1. The maximum absolute atomic E-state index is 14.3. The van der Waals surface area contributed by atoms with Gasteiger partial charge in [-0.05, 0) is 75.8 Å². The zero-order valence-corrected chi connectivity index (χ0v) is 28.6. The van der Waals surface area contributed by atoms with E-state index < -0.39 is 30.7 Å². The number of rotatable bonds is 15. The monoisotopic (exact) mass is 722 g/mol. The fraction of sp³-hybridized carbons (Fsp3) is 0.533. The zero-order chi connectivity index (χ0) is 32.9. The molecule has 2 aromatic heterocycles. The average molecular weight is 724 g/mol. The molecular weight excluding hydrogens is 683 g/mol. The largest absolute Gasteiger partial charge is 0.462 e. The number of esters is 1. The number of nitrogens with zero attached hydrogens (tertiary/aromatic N) is 3. The molecule has 1 aromatic carbocycles. The third-order valence-electron chi connectivity index (χ3n) is 7.78. The first kappa shape index (κ1) is 34.3. The van der Waals surface area contributed by atoms with Gasteiger partial charge in [0.25, 0.3) is 5.56 Å². The van der Waals surface area contributed by atoms with Gasteiger partial charge in [0, 0.05) is 22.7 Å². The maximum Gasteiger partial charge on any atom is 0.459 e. The summed E-state index contributed by atoms with van der Waals surface area (Å²) in [5.74, 6) is -0.322. The topological polar surface area (TPSA) is 182 Å². The first-order chi connectivity index (χ1) is 22.0. The highest BCUT2D eigenvalue weighted by molar-refractivity contribution is 9.10. The molecule has 3 aromatic rings. The van der Waals surface area contributed by atoms with Gasteiger partial charge in [0.2, 0.25) is 5.95 Å². The van der Waals surface area contributed by atoms with Crippen LogP contribution in [0.4, 0.5) is 5.95 Å². The van der Waals surface area contributed by atoms with Crippen molar-refractivity contribution in [1.29, 1.82) is 0 Å². The second-order valence-electron chi connectivity index (χ2n) is 11.7. The maximum atomic E-state index is 14.3. The lowest BCUT2D eigenvalue weighted by Crippen LogP contribution is -2.37. The molecule has 3 heterocycles. The van der Waals surface area contributed by atoms with Gasteiger partial charge in [0.1, 0.15) is 18.1 Å². The number of halogens is 1. The van der Waals surface area contributed by atoms with Gasteiger partial charge in [-0.2, -0.15) is 10.1 Å². The van der Waals surface area contributed by atoms with Gasteiger partial charge in [-0.3, -0.25) is 23.7 Å². The molecule has 16 heteroatoms. The molecule has 0 bridgehead atoms. The highest BCUT2D eigenvalue weighted by Gasteiger charge is 2.52. The number of nitrogens with two attached hydrogens (primary N) is 1. The quantitative estimate of drug-likeness (QED) is 0.139. The summed E-state index contributed by atoms with van der Waals surface area (Å²) in [6.45, 7) is 6.10. The lowest BCUT2D eigenvalue weighted by molar-refractivity contribution is -0.171. The van der Waals surface area contributed by atoms with Crippen LogP contribution < -0.4 is 20.9 Å². The van der Waals surface area contributed by atoms with Crippen LogP contribution in [-0.4, -0.2) is 63.7 Å². The van der Waals surface area contributed by atoms with Crippen molar-refractivity contribution in [3.8, 4) is 5.75 Å². The molecule has 250 valence electrons. The number of benzene rings is 1. The number of aromatic nitrogens is 4. The molecular formula is C30H40BrN6O8P. The van der Waals surface area contributed by atoms with E-state index in [2.05, 4.69) is 36.0 Å². The Hall–Kier alpha value is -3.07. The van der Waals surface area contributed by atoms with E-state index in [1.54, 1.807) is 42.0 Å². The molecule has 46 heavy (non-hydrogen) atoms. The van der Waals surface area contributed by atoms with Gasteiger partial charge in [0.05, 0.1) is 19.3 Å². The second-order valence-corrected chi connectivity index (χ2v) is 14.3. The second kappa shape index (κ2) is 14.8. The molecule has 1 saturated carbocycles. The van der Waals surface area contributed by atoms with Crippen LogP contribution >= 0.6 is 23.7 Å². The lowest BCUT2D eigenvalue weighted by Gasteiger charge is -2.27. The first-order valence-electron chi connectivity index (χ1n) is 15.3. The van der Waals surface area contributed by atoms with E-state index in [1.807, 2.05) is 13.8 Å². The molecule has 4 N–H and O–H groups in total. The van der Waals surface area contributed by atoms with Crippen molar-refractivity contribution in [2.45, 2.75) is 77.7 Å². The van der Waals surface area contributed by atoms with Crippen LogP contribution in [0, 0.1) is 5.41 Å². The Bertz CT molecular complexity index is 1660. The Morgan fingerprint density at radius 3 is 2.80 bits per heavy atom. The predicted molar refractivity (Wildman–Crippen MR) is 175 cm³/mol. The van der Waals surface area contributed by atoms with E-state index in [1.165, 1.54) is 6.33 Å². The minimum atomic E-state index is -4.16. The molecule has 14 nitrogen and oxygen atoms in total. The van der Waals surface area contributed by atoms with Gasteiger partial charge in [0.15, 0.2) is 17.5 Å². The number of hydrogen-bond acceptors (Lipinski definition) is 11. The third kappa shape index (κ3) is 8.64. The number of carbonyl (C=O) groups is 1. The number of ether oxygens (including phenoxy) is 3. The summed E-state index contributed by atoms with van der Waals surface area (Å²) in [4.78, 5) is 36.0. The van der Waals surface area contributed by atoms with Gasteiger partial charge >= 0.3 is 13.7 Å². The number of H-pyrrole nitrogens is 1. The van der Waals surface area contributed by atoms with E-state index in [0.29, 0.717) is 25.1 Å². The fourth-order valence-corrected chi connectivity index (χ4v) is 6.96. The van der Waals surface area contributed by atoms with Crippen LogP contribution in [0.2, 0.25) is 0 Å². The van der Waals surface area contributed by atoms with Crippen molar-refractivity contribution in [2.75, 3.05) is 25.6 Å². The van der Waals surface area contributed by atoms with Crippen molar-refractivity contribution in [3.63, 3.8) is 0 Å². The van der Waals surface area contributed by atoms with Crippen molar-refractivity contribution in [3.05, 3.63) is 51.0 Å². The van der Waals surface area contributed by atoms with E-state index in [-0.39, 0.29) is 42.8 Å². The highest BCUT2D eigenvalue weighted by Crippen LogP contribution is 2.57. The number of hydrogen-bond donors (Lipinski definition) is 3. The summed E-state index contributed by atoms with van der Waals surface area (Å²) in [5.41, 5.74) is 5.93. The zero-order valence-electron chi connectivity index (χ0n) is 26.1. The van der Waals surface area contributed by atoms with Crippen LogP contribution in [0.5, 0.6) is 5.75 Å². The van der Waals surface area contributed by atoms with Gasteiger partial charge in [-0.25, -0.2) is 9.55 Å². The van der Waals surface area contributed by atoms with Crippen LogP contribution in [-0.2, 0) is 28.1 Å². The Morgan fingerprint density at radius 1 is 1.30 bits per heavy atom. The molecule has 2 aliphatic rings. The Morgan fingerprint density at radius 2 is 2.09 bits per heavy atom. The molecule has 1 saturated heterocycles. The van der Waals surface area contributed by atoms with E-state index >= 15 is 0 Å². The molecule has 1 aliphatic heterocycles. The SMILES string of the molecule is CCCC(C)OC(=O)C(C)N[P@](=O)(OCC1(COC2CCCCO2)C/C1=C/n1cnc2c(=O)[nH]c(N)nc21)Oc1ccc(Br)cc1. The highest BCUT2D eigenvalue weighted by atomic mass is 79.9. The molecule has 4 unspecified atom stereocenters. The summed E-state index contributed by atoms with van der Waals surface area (Å²) in [6.07, 6.45) is 7.40. The molecule has 0 amide bonds. The third-order valence-corrected chi connectivity index (χ3v) is 9.93. The number of anilines is 1. The number of aromatic amines is 1. The van der Waals surface area contributed by atoms with Crippen molar-refractivity contribution in [2.24, 2.45) is 5.41 Å². The average Bonchev–Trinajstić information content (AvgIpc) is 3.55. The fourth-order valence-electron chi connectivity index (χ4n) is 5.12. The van der Waals surface area contributed by atoms with Gasteiger partial charge < -0.3 is 24.5 Å².